The van der Waals surface area contributed by atoms with E-state index in [2.05, 4.69) is 41.2 Å². The van der Waals surface area contributed by atoms with Crippen LogP contribution in [0.3, 0.4) is 0 Å². The molecule has 0 N–H and O–H groups in total. The van der Waals surface area contributed by atoms with E-state index in [1.165, 1.54) is 10.5 Å². The minimum Gasteiger partial charge on any atom is -0.226 e. The van der Waals surface area contributed by atoms with E-state index in [1.54, 1.807) is 11.8 Å². The van der Waals surface area contributed by atoms with Crippen molar-refractivity contribution in [2.24, 2.45) is 0 Å². The zero-order valence-corrected chi connectivity index (χ0v) is 12.3. The average Bonchev–Trinajstić information content (AvgIpc) is 2.34. The van der Waals surface area contributed by atoms with Gasteiger partial charge in [0.1, 0.15) is 16.0 Å². The lowest BCUT2D eigenvalue weighted by Crippen LogP contribution is -1.98. The zero-order valence-electron chi connectivity index (χ0n) is 10.7. The van der Waals surface area contributed by atoms with Crippen LogP contribution >= 0.6 is 23.4 Å². The Balaban J connectivity index is 2.36. The lowest BCUT2D eigenvalue weighted by atomic mass is 10.2. The molecule has 1 aromatic heterocycles. The van der Waals surface area contributed by atoms with Gasteiger partial charge in [-0.3, -0.25) is 0 Å². The summed E-state index contributed by atoms with van der Waals surface area (Å²) in [5, 5.41) is 1.49. The molecule has 4 heteroatoms. The molecule has 18 heavy (non-hydrogen) atoms. The van der Waals surface area contributed by atoms with Gasteiger partial charge in [0.2, 0.25) is 0 Å². The van der Waals surface area contributed by atoms with Gasteiger partial charge in [-0.2, -0.15) is 0 Å². The Morgan fingerprint density at radius 2 is 2.00 bits per heavy atom. The lowest BCUT2D eigenvalue weighted by Gasteiger charge is -2.08. The van der Waals surface area contributed by atoms with Crippen molar-refractivity contribution in [3.8, 4) is 0 Å². The number of rotatable bonds is 3. The minimum atomic E-state index is 0.553. The molecule has 94 valence electrons. The first-order valence-corrected chi connectivity index (χ1v) is 7.07. The van der Waals surface area contributed by atoms with Crippen LogP contribution in [0, 0.1) is 13.8 Å². The number of aromatic nitrogens is 2. The topological polar surface area (TPSA) is 25.8 Å². The predicted molar refractivity (Wildman–Crippen MR) is 76.5 cm³/mol. The number of hydrogen-bond acceptors (Lipinski definition) is 3. The summed E-state index contributed by atoms with van der Waals surface area (Å²) in [4.78, 5) is 9.97. The SMILES string of the molecule is CCc1nc(Cl)c(C)c(Sc2cccc(C)c2)n1. The second-order valence-electron chi connectivity index (χ2n) is 4.13. The monoisotopic (exact) mass is 278 g/mol. The molecule has 0 unspecified atom stereocenters. The van der Waals surface area contributed by atoms with E-state index in [9.17, 15) is 0 Å². The Kier molecular flexibility index (Phi) is 4.25. The molecule has 1 heterocycles. The summed E-state index contributed by atoms with van der Waals surface area (Å²) in [7, 11) is 0. The molecule has 0 bridgehead atoms. The van der Waals surface area contributed by atoms with Crippen molar-refractivity contribution in [1.82, 2.24) is 9.97 Å². The quantitative estimate of drug-likeness (QED) is 0.775. The maximum absolute atomic E-state index is 6.13. The first-order chi connectivity index (χ1) is 8.60. The van der Waals surface area contributed by atoms with Crippen LogP contribution in [0.15, 0.2) is 34.2 Å². The van der Waals surface area contributed by atoms with Crippen LogP contribution in [0.4, 0.5) is 0 Å². The number of hydrogen-bond donors (Lipinski definition) is 0. The van der Waals surface area contributed by atoms with Crippen molar-refractivity contribution in [3.05, 3.63) is 46.4 Å². The standard InChI is InChI=1S/C14H15ClN2S/c1-4-12-16-13(15)10(3)14(17-12)18-11-7-5-6-9(2)8-11/h5-8H,4H2,1-3H3. The highest BCUT2D eigenvalue weighted by Gasteiger charge is 2.10. The fourth-order valence-corrected chi connectivity index (χ4v) is 2.82. The molecule has 0 saturated carbocycles. The van der Waals surface area contributed by atoms with Gasteiger partial charge < -0.3 is 0 Å². The first-order valence-electron chi connectivity index (χ1n) is 5.87. The van der Waals surface area contributed by atoms with Gasteiger partial charge in [0.25, 0.3) is 0 Å². The Hall–Kier alpha value is -1.06. The van der Waals surface area contributed by atoms with Crippen LogP contribution < -0.4 is 0 Å². The van der Waals surface area contributed by atoms with E-state index in [0.717, 1.165) is 22.8 Å². The van der Waals surface area contributed by atoms with E-state index in [1.807, 2.05) is 13.8 Å². The molecule has 0 atom stereocenters. The Morgan fingerprint density at radius 1 is 1.22 bits per heavy atom. The van der Waals surface area contributed by atoms with Crippen molar-refractivity contribution in [1.29, 1.82) is 0 Å². The largest absolute Gasteiger partial charge is 0.226 e. The van der Waals surface area contributed by atoms with Crippen LogP contribution in [-0.4, -0.2) is 9.97 Å². The molecule has 0 aliphatic rings. The molecule has 0 saturated heterocycles. The minimum absolute atomic E-state index is 0.553. The summed E-state index contributed by atoms with van der Waals surface area (Å²) < 4.78 is 0. The van der Waals surface area contributed by atoms with Crippen molar-refractivity contribution < 1.29 is 0 Å². The first kappa shape index (κ1) is 13.4. The van der Waals surface area contributed by atoms with Crippen LogP contribution in [-0.2, 0) is 6.42 Å². The molecule has 2 rings (SSSR count). The molecule has 2 aromatic rings. The third-order valence-electron chi connectivity index (χ3n) is 2.61. The average molecular weight is 279 g/mol. The van der Waals surface area contributed by atoms with Crippen LogP contribution in [0.2, 0.25) is 5.15 Å². The third kappa shape index (κ3) is 3.03. The van der Waals surface area contributed by atoms with Crippen LogP contribution in [0.5, 0.6) is 0 Å². The van der Waals surface area contributed by atoms with E-state index < -0.39 is 0 Å². The van der Waals surface area contributed by atoms with Crippen LogP contribution in [0.1, 0.15) is 23.9 Å². The predicted octanol–water partition coefficient (Wildman–Crippen LogP) is 4.46. The fourth-order valence-electron chi connectivity index (χ4n) is 1.56. The highest BCUT2D eigenvalue weighted by atomic mass is 35.5. The van der Waals surface area contributed by atoms with Gasteiger partial charge in [-0.05, 0) is 26.0 Å². The van der Waals surface area contributed by atoms with E-state index in [0.29, 0.717) is 5.15 Å². The Bertz CT molecular complexity index is 570. The van der Waals surface area contributed by atoms with E-state index in [-0.39, 0.29) is 0 Å². The second kappa shape index (κ2) is 5.72. The van der Waals surface area contributed by atoms with Gasteiger partial charge in [0.15, 0.2) is 0 Å². The molecule has 1 aromatic carbocycles. The Labute approximate surface area is 117 Å². The molecular formula is C14H15ClN2S. The molecule has 0 radical (unpaired) electrons. The number of benzene rings is 1. The fraction of sp³-hybridized carbons (Fsp3) is 0.286. The van der Waals surface area contributed by atoms with Crippen molar-refractivity contribution >= 4 is 23.4 Å². The summed E-state index contributed by atoms with van der Waals surface area (Å²) in [5.41, 5.74) is 2.19. The summed E-state index contributed by atoms with van der Waals surface area (Å²) in [6, 6.07) is 8.36. The summed E-state index contributed by atoms with van der Waals surface area (Å²) in [5.74, 6) is 0.792. The molecule has 0 aliphatic heterocycles. The number of halogens is 1. The smallest absolute Gasteiger partial charge is 0.136 e. The maximum Gasteiger partial charge on any atom is 0.136 e. The van der Waals surface area contributed by atoms with Crippen molar-refractivity contribution in [2.75, 3.05) is 0 Å². The molecule has 0 spiro atoms. The van der Waals surface area contributed by atoms with Gasteiger partial charge in [0.05, 0.1) is 0 Å². The van der Waals surface area contributed by atoms with E-state index >= 15 is 0 Å². The normalized spacial score (nSPS) is 10.7. The summed E-state index contributed by atoms with van der Waals surface area (Å²) >= 11 is 7.77. The lowest BCUT2D eigenvalue weighted by molar-refractivity contribution is 0.871. The van der Waals surface area contributed by atoms with Gasteiger partial charge in [-0.15, -0.1) is 0 Å². The van der Waals surface area contributed by atoms with Gasteiger partial charge in [-0.25, -0.2) is 9.97 Å². The summed E-state index contributed by atoms with van der Waals surface area (Å²) in [6.45, 7) is 6.07. The third-order valence-corrected chi connectivity index (χ3v) is 4.06. The highest BCUT2D eigenvalue weighted by Crippen LogP contribution is 2.31. The van der Waals surface area contributed by atoms with Crippen molar-refractivity contribution in [2.45, 2.75) is 37.1 Å². The summed E-state index contributed by atoms with van der Waals surface area (Å²) in [6.07, 6.45) is 0.793. The van der Waals surface area contributed by atoms with Gasteiger partial charge >= 0.3 is 0 Å². The Morgan fingerprint density at radius 3 is 2.67 bits per heavy atom. The molecule has 0 fully saturated rings. The van der Waals surface area contributed by atoms with Crippen molar-refractivity contribution in [3.63, 3.8) is 0 Å². The van der Waals surface area contributed by atoms with Crippen LogP contribution in [0.25, 0.3) is 0 Å². The van der Waals surface area contributed by atoms with E-state index in [4.69, 9.17) is 11.6 Å². The maximum atomic E-state index is 6.13. The number of aryl methyl sites for hydroxylation is 2. The molecule has 2 nitrogen and oxygen atoms in total. The molecule has 0 amide bonds. The number of nitrogens with zero attached hydrogens (tertiary/aromatic N) is 2. The van der Waals surface area contributed by atoms with Gasteiger partial charge in [0, 0.05) is 16.9 Å². The van der Waals surface area contributed by atoms with Gasteiger partial charge in [-0.1, -0.05) is 48.0 Å². The molecular weight excluding hydrogens is 264 g/mol. The second-order valence-corrected chi connectivity index (χ2v) is 5.55. The molecule has 0 aliphatic carbocycles. The zero-order chi connectivity index (χ0) is 13.1. The highest BCUT2D eigenvalue weighted by molar-refractivity contribution is 7.99.